The molecule has 0 saturated carbocycles. The summed E-state index contributed by atoms with van der Waals surface area (Å²) in [6.07, 6.45) is -2.06. The molecular weight excluding hydrogens is 544 g/mol. The van der Waals surface area contributed by atoms with Crippen molar-refractivity contribution in [1.82, 2.24) is 26.7 Å². The minimum atomic E-state index is -1.95. The standard InChI is InChI=1S/C19H32N10O11/c20-27-11(30)5-3-9(14(33)25-10(15(34)29-22)4-6-12(31)28-21)24-13(32)8(26-17(36)19(39)40)2-1-7-23-16(35)18(37)38/h8-10H,1-7,20-22H2,(H,23,35)(H,24,32)(H,25,33)(H,26,36)(H,27,30)(H,28,31)(H,29,34)(H,37,38)(H,39,40)/p-2/t8-,9-,10-/m0/s1. The minimum Gasteiger partial charge on any atom is -0.861 e. The number of nitrogens with zero attached hydrogens (tertiary/aromatic N) is 2. The predicted molar refractivity (Wildman–Crippen MR) is 127 cm³/mol. The number of hydrazone groups is 2. The molecule has 0 aromatic rings. The van der Waals surface area contributed by atoms with Crippen LogP contribution in [0.5, 0.6) is 0 Å². The fourth-order valence-corrected chi connectivity index (χ4v) is 2.92. The maximum Gasteiger partial charge on any atom is 0.394 e. The van der Waals surface area contributed by atoms with Crippen LogP contribution < -0.4 is 54.4 Å². The number of carbonyl (C=O) groups is 7. The number of nitrogens with one attached hydrogen (secondary N) is 5. The Morgan fingerprint density at radius 2 is 1.10 bits per heavy atom. The number of hydrogen-bond donors (Lipinski definition) is 10. The Bertz CT molecular complexity index is 1020. The lowest BCUT2D eigenvalue weighted by molar-refractivity contribution is -0.220. The third kappa shape index (κ3) is 13.4. The lowest BCUT2D eigenvalue weighted by atomic mass is 10.1. The van der Waals surface area contributed by atoms with E-state index in [0.29, 0.717) is 0 Å². The number of carbonyl (C=O) groups excluding carboxylic acids is 5. The molecule has 0 unspecified atom stereocenters. The summed E-state index contributed by atoms with van der Waals surface area (Å²) >= 11 is 0. The first-order valence-electron chi connectivity index (χ1n) is 11.3. The molecule has 0 aliphatic heterocycles. The number of hydrogen-bond acceptors (Lipinski definition) is 14. The Morgan fingerprint density at radius 3 is 1.50 bits per heavy atom. The second-order valence-corrected chi connectivity index (χ2v) is 7.79. The van der Waals surface area contributed by atoms with Crippen LogP contribution in [0.3, 0.4) is 0 Å². The van der Waals surface area contributed by atoms with E-state index < -0.39 is 84.2 Å². The van der Waals surface area contributed by atoms with Gasteiger partial charge in [0.05, 0.1) is 0 Å². The Balaban J connectivity index is 5.78. The maximum atomic E-state index is 12.9. The molecule has 40 heavy (non-hydrogen) atoms. The van der Waals surface area contributed by atoms with Crippen LogP contribution in [0, 0.1) is 0 Å². The largest absolute Gasteiger partial charge is 0.861 e. The molecule has 0 spiro atoms. The summed E-state index contributed by atoms with van der Waals surface area (Å²) in [7, 11) is 0. The SMILES string of the molecule is NN=C([O-])CC[C@H](NC(=O)[C@H](CCC([O-])=NN)NC(=O)[C@H](CCCNC(=O)C(=O)O)NC(=O)C(=O)O)C(=O)NN. The zero-order valence-corrected chi connectivity index (χ0v) is 20.9. The van der Waals surface area contributed by atoms with Crippen molar-refractivity contribution in [1.29, 1.82) is 0 Å². The summed E-state index contributed by atoms with van der Waals surface area (Å²) in [5.74, 6) is 3.39. The summed E-state index contributed by atoms with van der Waals surface area (Å²) in [4.78, 5) is 82.3. The van der Waals surface area contributed by atoms with E-state index in [9.17, 15) is 43.8 Å². The molecule has 13 N–H and O–H groups in total. The average molecular weight is 575 g/mol. The number of nitrogens with two attached hydrogens (primary N) is 3. The summed E-state index contributed by atoms with van der Waals surface area (Å²) in [6.45, 7) is -0.280. The fraction of sp³-hybridized carbons (Fsp3) is 0.526. The van der Waals surface area contributed by atoms with Gasteiger partial charge in [-0.2, -0.15) is 0 Å². The van der Waals surface area contributed by atoms with E-state index in [-0.39, 0.29) is 32.2 Å². The van der Waals surface area contributed by atoms with Crippen molar-refractivity contribution in [2.45, 2.75) is 56.7 Å². The number of hydrazine groups is 1. The second-order valence-electron chi connectivity index (χ2n) is 7.79. The number of rotatable bonds is 16. The number of carboxylic acids is 2. The van der Waals surface area contributed by atoms with Crippen LogP contribution in [0.15, 0.2) is 10.2 Å². The van der Waals surface area contributed by atoms with Crippen LogP contribution in [0.4, 0.5) is 0 Å². The van der Waals surface area contributed by atoms with Gasteiger partial charge in [-0.25, -0.2) is 25.6 Å². The Hall–Kier alpha value is -5.21. The quantitative estimate of drug-likeness (QED) is 0.0156. The molecule has 0 heterocycles. The molecule has 0 aliphatic rings. The van der Waals surface area contributed by atoms with Crippen molar-refractivity contribution in [2.24, 2.45) is 27.7 Å². The Morgan fingerprint density at radius 1 is 0.675 bits per heavy atom. The van der Waals surface area contributed by atoms with Crippen molar-refractivity contribution in [3.63, 3.8) is 0 Å². The van der Waals surface area contributed by atoms with Crippen LogP contribution in [0.25, 0.3) is 0 Å². The summed E-state index contributed by atoms with van der Waals surface area (Å²) in [5.41, 5.74) is 1.78. The Labute approximate surface area is 225 Å². The van der Waals surface area contributed by atoms with Crippen LogP contribution in [-0.2, 0) is 33.6 Å². The molecule has 0 aromatic carbocycles. The zero-order valence-electron chi connectivity index (χ0n) is 20.9. The highest BCUT2D eigenvalue weighted by Crippen LogP contribution is 2.05. The molecule has 0 radical (unpaired) electrons. The van der Waals surface area contributed by atoms with Crippen molar-refractivity contribution in [2.75, 3.05) is 6.54 Å². The van der Waals surface area contributed by atoms with E-state index in [0.717, 1.165) is 0 Å². The van der Waals surface area contributed by atoms with Crippen molar-refractivity contribution in [3.8, 4) is 0 Å². The molecule has 5 amide bonds. The molecule has 3 atom stereocenters. The molecular formula is C19H30N10O11-2. The number of amides is 5. The highest BCUT2D eigenvalue weighted by Gasteiger charge is 2.30. The van der Waals surface area contributed by atoms with Crippen LogP contribution in [0.1, 0.15) is 38.5 Å². The topological polar surface area (TPSA) is 369 Å². The lowest BCUT2D eigenvalue weighted by Gasteiger charge is -2.26. The molecule has 21 heteroatoms. The number of aliphatic carboxylic acids is 2. The van der Waals surface area contributed by atoms with Gasteiger partial charge in [-0.1, -0.05) is 0 Å². The van der Waals surface area contributed by atoms with Crippen LogP contribution in [0.2, 0.25) is 0 Å². The molecule has 0 aliphatic carbocycles. The van der Waals surface area contributed by atoms with Crippen molar-refractivity contribution < 1.29 is 54.0 Å². The van der Waals surface area contributed by atoms with E-state index in [1.807, 2.05) is 10.6 Å². The summed E-state index contributed by atoms with van der Waals surface area (Å²) in [5, 5.41) is 54.5. The summed E-state index contributed by atoms with van der Waals surface area (Å²) in [6, 6.07) is -4.61. The van der Waals surface area contributed by atoms with Gasteiger partial charge in [0.1, 0.15) is 18.1 Å². The first-order valence-corrected chi connectivity index (χ1v) is 11.3. The van der Waals surface area contributed by atoms with Crippen LogP contribution in [-0.4, -0.2) is 88.2 Å². The first kappa shape index (κ1) is 34.8. The van der Waals surface area contributed by atoms with Gasteiger partial charge in [-0.15, -0.1) is 0 Å². The molecule has 0 rings (SSSR count). The van der Waals surface area contributed by atoms with E-state index in [4.69, 9.17) is 27.7 Å². The number of carboxylic acid groups (broad SMARTS) is 2. The predicted octanol–water partition coefficient (Wildman–Crippen LogP) is -7.68. The minimum absolute atomic E-state index is 0.128. The van der Waals surface area contributed by atoms with Gasteiger partial charge < -0.3 is 53.4 Å². The normalized spacial score (nSPS) is 13.6. The van der Waals surface area contributed by atoms with E-state index in [2.05, 4.69) is 20.8 Å². The Kier molecular flexibility index (Phi) is 15.8. The van der Waals surface area contributed by atoms with Gasteiger partial charge in [-0.3, -0.25) is 29.4 Å². The van der Waals surface area contributed by atoms with Gasteiger partial charge >= 0.3 is 23.8 Å². The van der Waals surface area contributed by atoms with E-state index >= 15 is 0 Å². The van der Waals surface area contributed by atoms with Gasteiger partial charge in [0, 0.05) is 6.54 Å². The smallest absolute Gasteiger partial charge is 0.394 e. The maximum absolute atomic E-state index is 12.9. The highest BCUT2D eigenvalue weighted by molar-refractivity contribution is 6.32. The summed E-state index contributed by atoms with van der Waals surface area (Å²) < 4.78 is 0. The third-order valence-electron chi connectivity index (χ3n) is 4.96. The lowest BCUT2D eigenvalue weighted by Crippen LogP contribution is -2.57. The van der Waals surface area contributed by atoms with Crippen molar-refractivity contribution >= 4 is 53.3 Å². The zero-order chi connectivity index (χ0) is 30.8. The van der Waals surface area contributed by atoms with Crippen molar-refractivity contribution in [3.05, 3.63) is 0 Å². The van der Waals surface area contributed by atoms with Gasteiger partial charge in [0.15, 0.2) is 0 Å². The highest BCUT2D eigenvalue weighted by atomic mass is 16.4. The van der Waals surface area contributed by atoms with Gasteiger partial charge in [0.2, 0.25) is 11.8 Å². The monoisotopic (exact) mass is 574 g/mol. The second kappa shape index (κ2) is 18.1. The molecule has 0 fully saturated rings. The third-order valence-corrected chi connectivity index (χ3v) is 4.96. The fourth-order valence-electron chi connectivity index (χ4n) is 2.92. The van der Waals surface area contributed by atoms with E-state index in [1.165, 1.54) is 0 Å². The van der Waals surface area contributed by atoms with Crippen LogP contribution >= 0.6 is 0 Å². The molecule has 0 bridgehead atoms. The van der Waals surface area contributed by atoms with E-state index in [1.54, 1.807) is 5.43 Å². The van der Waals surface area contributed by atoms with Gasteiger partial charge in [0.25, 0.3) is 5.91 Å². The molecule has 0 aromatic heterocycles. The first-order chi connectivity index (χ1) is 18.8. The molecule has 224 valence electrons. The molecule has 0 saturated heterocycles. The average Bonchev–Trinajstić information content (AvgIpc) is 2.92. The molecule has 21 nitrogen and oxygen atoms in total. The van der Waals surface area contributed by atoms with Gasteiger partial charge in [-0.05, 0) is 50.3 Å².